The number of thiophene rings is 1. The molecule has 0 saturated carbocycles. The Morgan fingerprint density at radius 1 is 1.24 bits per heavy atom. The fraction of sp³-hybridized carbons (Fsp3) is 0.167. The van der Waals surface area contributed by atoms with Gasteiger partial charge in [0.25, 0.3) is 5.91 Å². The molecular formula is C18H16N2O4S. The van der Waals surface area contributed by atoms with Crippen LogP contribution in [-0.4, -0.2) is 36.0 Å². The van der Waals surface area contributed by atoms with Crippen molar-refractivity contribution in [2.75, 3.05) is 13.2 Å². The van der Waals surface area contributed by atoms with E-state index in [9.17, 15) is 14.4 Å². The van der Waals surface area contributed by atoms with Crippen LogP contribution in [0.5, 0.6) is 0 Å². The summed E-state index contributed by atoms with van der Waals surface area (Å²) in [5, 5.41) is 4.77. The summed E-state index contributed by atoms with van der Waals surface area (Å²) in [6.45, 7) is -0.229. The molecule has 1 atom stereocenters. The minimum atomic E-state index is -0.686. The van der Waals surface area contributed by atoms with Crippen LogP contribution in [0.2, 0.25) is 0 Å². The van der Waals surface area contributed by atoms with Gasteiger partial charge in [-0.1, -0.05) is 36.4 Å². The third-order valence-corrected chi connectivity index (χ3v) is 4.50. The highest BCUT2D eigenvalue weighted by molar-refractivity contribution is 7.10. The number of rotatable bonds is 6. The quantitative estimate of drug-likeness (QED) is 0.807. The van der Waals surface area contributed by atoms with Gasteiger partial charge in [0.1, 0.15) is 0 Å². The molecule has 6 nitrogen and oxygen atoms in total. The zero-order valence-corrected chi connectivity index (χ0v) is 14.1. The highest BCUT2D eigenvalue weighted by Gasteiger charge is 2.33. The summed E-state index contributed by atoms with van der Waals surface area (Å²) in [4.78, 5) is 37.7. The van der Waals surface area contributed by atoms with Gasteiger partial charge in [-0.05, 0) is 23.1 Å². The fourth-order valence-corrected chi connectivity index (χ4v) is 3.04. The Hall–Kier alpha value is -2.93. The molecule has 2 aromatic rings. The summed E-state index contributed by atoms with van der Waals surface area (Å²) in [6.07, 6.45) is 2.47. The van der Waals surface area contributed by atoms with Crippen molar-refractivity contribution in [3.8, 4) is 0 Å². The molecule has 0 aliphatic carbocycles. The number of amides is 3. The van der Waals surface area contributed by atoms with E-state index in [0.717, 1.165) is 15.3 Å². The maximum atomic E-state index is 12.2. The summed E-state index contributed by atoms with van der Waals surface area (Å²) in [5.74, 6) is -0.712. The van der Waals surface area contributed by atoms with Crippen molar-refractivity contribution in [3.63, 3.8) is 0 Å². The third-order valence-electron chi connectivity index (χ3n) is 3.67. The van der Waals surface area contributed by atoms with Gasteiger partial charge in [-0.3, -0.25) is 9.59 Å². The Balaban J connectivity index is 1.73. The molecule has 1 saturated heterocycles. The zero-order valence-electron chi connectivity index (χ0n) is 13.3. The number of hydrogen-bond donors (Lipinski definition) is 1. The predicted molar refractivity (Wildman–Crippen MR) is 93.7 cm³/mol. The van der Waals surface area contributed by atoms with Crippen LogP contribution in [0.4, 0.5) is 4.79 Å². The number of benzene rings is 1. The first-order valence-electron chi connectivity index (χ1n) is 7.67. The van der Waals surface area contributed by atoms with E-state index in [2.05, 4.69) is 5.32 Å². The van der Waals surface area contributed by atoms with Crippen molar-refractivity contribution < 1.29 is 19.1 Å². The number of carbonyl (C=O) groups excluding carboxylic acids is 3. The van der Waals surface area contributed by atoms with Gasteiger partial charge in [0, 0.05) is 11.0 Å². The summed E-state index contributed by atoms with van der Waals surface area (Å²) in [7, 11) is 0. The lowest BCUT2D eigenvalue weighted by molar-refractivity contribution is -0.126. The highest BCUT2D eigenvalue weighted by atomic mass is 32.1. The average Bonchev–Trinajstić information content (AvgIpc) is 3.25. The van der Waals surface area contributed by atoms with Gasteiger partial charge in [-0.2, -0.15) is 0 Å². The molecule has 0 bridgehead atoms. The lowest BCUT2D eigenvalue weighted by Crippen LogP contribution is -2.40. The molecular weight excluding hydrogens is 340 g/mol. The predicted octanol–water partition coefficient (Wildman–Crippen LogP) is 2.60. The lowest BCUT2D eigenvalue weighted by Gasteiger charge is -2.22. The maximum Gasteiger partial charge on any atom is 0.417 e. The minimum Gasteiger partial charge on any atom is -0.439 e. The fourth-order valence-electron chi connectivity index (χ4n) is 2.42. The average molecular weight is 356 g/mol. The molecule has 25 heavy (non-hydrogen) atoms. The van der Waals surface area contributed by atoms with Crippen LogP contribution in [0.15, 0.2) is 53.9 Å². The molecule has 3 amide bonds. The standard InChI is InChI=1S/C18H16N2O4S/c21-16(9-8-14-7-4-10-25-14)19-15(13-5-2-1-3-6-13)11-20-17(22)12-24-18(20)23/h1-10,15H,11-12H2,(H,19,21)/b9-8+. The Kier molecular flexibility index (Phi) is 5.25. The first-order chi connectivity index (χ1) is 12.1. The topological polar surface area (TPSA) is 75.7 Å². The van der Waals surface area contributed by atoms with Crippen molar-refractivity contribution in [2.24, 2.45) is 0 Å². The maximum absolute atomic E-state index is 12.2. The first-order valence-corrected chi connectivity index (χ1v) is 8.55. The zero-order chi connectivity index (χ0) is 17.6. The number of ether oxygens (including phenoxy) is 1. The van der Waals surface area contributed by atoms with Gasteiger partial charge in [-0.25, -0.2) is 9.69 Å². The van der Waals surface area contributed by atoms with Crippen LogP contribution < -0.4 is 5.32 Å². The minimum absolute atomic E-state index is 0.0280. The molecule has 1 unspecified atom stereocenters. The highest BCUT2D eigenvalue weighted by Crippen LogP contribution is 2.17. The molecule has 1 aliphatic heterocycles. The molecule has 1 aromatic carbocycles. The van der Waals surface area contributed by atoms with Gasteiger partial charge < -0.3 is 10.1 Å². The Labute approximate surface area is 148 Å². The summed E-state index contributed by atoms with van der Waals surface area (Å²) in [5.41, 5.74) is 0.799. The van der Waals surface area contributed by atoms with E-state index in [-0.39, 0.29) is 19.1 Å². The van der Waals surface area contributed by atoms with E-state index in [4.69, 9.17) is 4.74 Å². The second-order valence-electron chi connectivity index (χ2n) is 5.38. The van der Waals surface area contributed by atoms with Crippen LogP contribution in [0.25, 0.3) is 6.08 Å². The molecule has 128 valence electrons. The van der Waals surface area contributed by atoms with E-state index < -0.39 is 18.0 Å². The van der Waals surface area contributed by atoms with Crippen molar-refractivity contribution >= 4 is 35.3 Å². The van der Waals surface area contributed by atoms with Crippen LogP contribution in [-0.2, 0) is 14.3 Å². The number of imide groups is 1. The van der Waals surface area contributed by atoms with E-state index in [1.807, 2.05) is 47.8 Å². The smallest absolute Gasteiger partial charge is 0.417 e. The van der Waals surface area contributed by atoms with Crippen molar-refractivity contribution in [3.05, 3.63) is 64.4 Å². The van der Waals surface area contributed by atoms with Gasteiger partial charge in [-0.15, -0.1) is 11.3 Å². The van der Waals surface area contributed by atoms with E-state index in [1.54, 1.807) is 6.08 Å². The Morgan fingerprint density at radius 3 is 2.68 bits per heavy atom. The summed E-state index contributed by atoms with van der Waals surface area (Å²) >= 11 is 1.53. The van der Waals surface area contributed by atoms with Gasteiger partial charge in [0.05, 0.1) is 12.6 Å². The van der Waals surface area contributed by atoms with Crippen molar-refractivity contribution in [1.82, 2.24) is 10.2 Å². The molecule has 1 aromatic heterocycles. The number of cyclic esters (lactones) is 1. The molecule has 2 heterocycles. The van der Waals surface area contributed by atoms with Crippen molar-refractivity contribution in [2.45, 2.75) is 6.04 Å². The number of hydrogen-bond acceptors (Lipinski definition) is 5. The lowest BCUT2D eigenvalue weighted by atomic mass is 10.1. The van der Waals surface area contributed by atoms with E-state index >= 15 is 0 Å². The van der Waals surface area contributed by atoms with E-state index in [1.165, 1.54) is 17.4 Å². The summed E-state index contributed by atoms with van der Waals surface area (Å²) < 4.78 is 4.73. The van der Waals surface area contributed by atoms with Crippen LogP contribution in [0.1, 0.15) is 16.5 Å². The van der Waals surface area contributed by atoms with Crippen LogP contribution in [0, 0.1) is 0 Å². The van der Waals surface area contributed by atoms with Gasteiger partial charge in [0.2, 0.25) is 5.91 Å². The number of nitrogens with one attached hydrogen (secondary N) is 1. The second-order valence-corrected chi connectivity index (χ2v) is 6.36. The van der Waals surface area contributed by atoms with Crippen LogP contribution in [0.3, 0.4) is 0 Å². The van der Waals surface area contributed by atoms with Gasteiger partial charge in [0.15, 0.2) is 6.61 Å². The molecule has 1 fully saturated rings. The Morgan fingerprint density at radius 2 is 2.04 bits per heavy atom. The molecule has 1 aliphatic rings. The monoisotopic (exact) mass is 356 g/mol. The molecule has 3 rings (SSSR count). The Bertz CT molecular complexity index is 771. The number of nitrogens with zero attached hydrogens (tertiary/aromatic N) is 1. The molecule has 0 radical (unpaired) electrons. The normalized spacial score (nSPS) is 15.4. The van der Waals surface area contributed by atoms with E-state index in [0.29, 0.717) is 0 Å². The van der Waals surface area contributed by atoms with Gasteiger partial charge >= 0.3 is 6.09 Å². The molecule has 7 heteroatoms. The third kappa shape index (κ3) is 4.33. The number of carbonyl (C=O) groups is 3. The molecule has 0 spiro atoms. The summed E-state index contributed by atoms with van der Waals surface area (Å²) in [6, 6.07) is 12.5. The van der Waals surface area contributed by atoms with Crippen molar-refractivity contribution in [1.29, 1.82) is 0 Å². The largest absolute Gasteiger partial charge is 0.439 e. The van der Waals surface area contributed by atoms with Crippen LogP contribution >= 0.6 is 11.3 Å². The first kappa shape index (κ1) is 16.9. The molecule has 1 N–H and O–H groups in total. The second kappa shape index (κ2) is 7.76. The SMILES string of the molecule is O=C(/C=C/c1cccs1)NC(CN1C(=O)COC1=O)c1ccccc1.